The lowest BCUT2D eigenvalue weighted by Crippen LogP contribution is -2.15. The van der Waals surface area contributed by atoms with Crippen LogP contribution in [0.2, 0.25) is 0 Å². The molecule has 2 N–H and O–H groups in total. The second-order valence-electron chi connectivity index (χ2n) is 5.02. The lowest BCUT2D eigenvalue weighted by molar-refractivity contribution is 0.102. The highest BCUT2D eigenvalue weighted by molar-refractivity contribution is 6.02. The van der Waals surface area contributed by atoms with Crippen LogP contribution in [0, 0.1) is 11.7 Å². The van der Waals surface area contributed by atoms with E-state index in [1.165, 1.54) is 36.7 Å². The minimum atomic E-state index is -0.385. The molecule has 1 aromatic heterocycles. The smallest absolute Gasteiger partial charge is 0.275 e. The van der Waals surface area contributed by atoms with Crippen molar-refractivity contribution in [2.75, 3.05) is 17.2 Å². The lowest BCUT2D eigenvalue weighted by atomic mass is 10.2. The van der Waals surface area contributed by atoms with Crippen LogP contribution in [0.5, 0.6) is 0 Å². The fourth-order valence-corrected chi connectivity index (χ4v) is 1.57. The molecule has 110 valence electrons. The molecule has 0 saturated carbocycles. The van der Waals surface area contributed by atoms with Crippen molar-refractivity contribution in [3.63, 3.8) is 0 Å². The van der Waals surface area contributed by atoms with E-state index in [-0.39, 0.29) is 17.4 Å². The van der Waals surface area contributed by atoms with Gasteiger partial charge in [0.05, 0.1) is 12.4 Å². The highest BCUT2D eigenvalue weighted by Gasteiger charge is 2.08. The van der Waals surface area contributed by atoms with Crippen molar-refractivity contribution >= 4 is 17.4 Å². The molecule has 0 unspecified atom stereocenters. The summed E-state index contributed by atoms with van der Waals surface area (Å²) in [5.41, 5.74) is 0.708. The second-order valence-corrected chi connectivity index (χ2v) is 5.02. The summed E-state index contributed by atoms with van der Waals surface area (Å²) in [5, 5.41) is 5.75. The molecule has 0 aliphatic carbocycles. The Labute approximate surface area is 122 Å². The standard InChI is InChI=1S/C15H17FN4O/c1-10(2)7-18-14-9-17-13(8-19-14)15(21)20-12-5-3-11(16)4-6-12/h3-6,8-10H,7H2,1-2H3,(H,18,19)(H,20,21). The van der Waals surface area contributed by atoms with Crippen molar-refractivity contribution in [3.05, 3.63) is 48.2 Å². The Hall–Kier alpha value is -2.50. The lowest BCUT2D eigenvalue weighted by Gasteiger charge is -2.08. The molecular weight excluding hydrogens is 271 g/mol. The van der Waals surface area contributed by atoms with E-state index in [0.29, 0.717) is 17.4 Å². The van der Waals surface area contributed by atoms with Gasteiger partial charge in [0.15, 0.2) is 0 Å². The Kier molecular flexibility index (Phi) is 4.81. The van der Waals surface area contributed by atoms with Gasteiger partial charge in [-0.2, -0.15) is 0 Å². The highest BCUT2D eigenvalue weighted by atomic mass is 19.1. The maximum Gasteiger partial charge on any atom is 0.275 e. The summed E-state index contributed by atoms with van der Waals surface area (Å²) in [6, 6.07) is 5.53. The third kappa shape index (κ3) is 4.52. The molecule has 6 heteroatoms. The van der Waals surface area contributed by atoms with Crippen LogP contribution in [-0.4, -0.2) is 22.4 Å². The van der Waals surface area contributed by atoms with Crippen molar-refractivity contribution in [1.82, 2.24) is 9.97 Å². The molecule has 2 rings (SSSR count). The third-order valence-corrected chi connectivity index (χ3v) is 2.68. The monoisotopic (exact) mass is 288 g/mol. The maximum absolute atomic E-state index is 12.8. The maximum atomic E-state index is 12.8. The van der Waals surface area contributed by atoms with Gasteiger partial charge in [0.1, 0.15) is 17.3 Å². The van der Waals surface area contributed by atoms with E-state index in [2.05, 4.69) is 34.4 Å². The summed E-state index contributed by atoms with van der Waals surface area (Å²) < 4.78 is 12.8. The van der Waals surface area contributed by atoms with Gasteiger partial charge in [-0.15, -0.1) is 0 Å². The minimum absolute atomic E-state index is 0.203. The molecule has 0 saturated heterocycles. The van der Waals surface area contributed by atoms with E-state index in [9.17, 15) is 9.18 Å². The Morgan fingerprint density at radius 2 is 1.90 bits per heavy atom. The number of amides is 1. The molecule has 2 aromatic rings. The molecule has 1 aromatic carbocycles. The zero-order chi connectivity index (χ0) is 15.2. The number of halogens is 1. The first-order chi connectivity index (χ1) is 10.0. The first-order valence-electron chi connectivity index (χ1n) is 6.67. The number of hydrogen-bond acceptors (Lipinski definition) is 4. The number of nitrogens with zero attached hydrogens (tertiary/aromatic N) is 2. The van der Waals surface area contributed by atoms with Crippen molar-refractivity contribution in [2.45, 2.75) is 13.8 Å². The number of aromatic nitrogens is 2. The molecule has 0 spiro atoms. The molecule has 5 nitrogen and oxygen atoms in total. The third-order valence-electron chi connectivity index (χ3n) is 2.68. The van der Waals surface area contributed by atoms with Crippen LogP contribution in [-0.2, 0) is 0 Å². The molecule has 0 aliphatic rings. The Bertz CT molecular complexity index is 596. The first-order valence-corrected chi connectivity index (χ1v) is 6.67. The van der Waals surface area contributed by atoms with Gasteiger partial charge < -0.3 is 10.6 Å². The summed E-state index contributed by atoms with van der Waals surface area (Å²) >= 11 is 0. The summed E-state index contributed by atoms with van der Waals surface area (Å²) in [6.45, 7) is 4.96. The first kappa shape index (κ1) is 14.9. The molecular formula is C15H17FN4O. The fraction of sp³-hybridized carbons (Fsp3) is 0.267. The zero-order valence-corrected chi connectivity index (χ0v) is 11.9. The van der Waals surface area contributed by atoms with Crippen molar-refractivity contribution in [2.24, 2.45) is 5.92 Å². The molecule has 21 heavy (non-hydrogen) atoms. The molecule has 1 heterocycles. The molecule has 1 amide bonds. The quantitative estimate of drug-likeness (QED) is 0.887. The van der Waals surface area contributed by atoms with Crippen molar-refractivity contribution in [1.29, 1.82) is 0 Å². The van der Waals surface area contributed by atoms with Gasteiger partial charge in [-0.1, -0.05) is 13.8 Å². The van der Waals surface area contributed by atoms with E-state index in [0.717, 1.165) is 6.54 Å². The van der Waals surface area contributed by atoms with Crippen LogP contribution in [0.3, 0.4) is 0 Å². The van der Waals surface area contributed by atoms with Gasteiger partial charge in [-0.3, -0.25) is 4.79 Å². The summed E-state index contributed by atoms with van der Waals surface area (Å²) in [4.78, 5) is 20.1. The molecule has 0 radical (unpaired) electrons. The van der Waals surface area contributed by atoms with E-state index >= 15 is 0 Å². The van der Waals surface area contributed by atoms with E-state index in [4.69, 9.17) is 0 Å². The van der Waals surface area contributed by atoms with E-state index < -0.39 is 0 Å². The normalized spacial score (nSPS) is 10.5. The van der Waals surface area contributed by atoms with Gasteiger partial charge >= 0.3 is 0 Å². The van der Waals surface area contributed by atoms with Crippen molar-refractivity contribution < 1.29 is 9.18 Å². The van der Waals surface area contributed by atoms with Gasteiger partial charge in [-0.05, 0) is 30.2 Å². The average Bonchev–Trinajstić information content (AvgIpc) is 2.48. The summed E-state index contributed by atoms with van der Waals surface area (Å²) in [6.07, 6.45) is 2.92. The number of benzene rings is 1. The fourth-order valence-electron chi connectivity index (χ4n) is 1.57. The predicted molar refractivity (Wildman–Crippen MR) is 79.7 cm³/mol. The highest BCUT2D eigenvalue weighted by Crippen LogP contribution is 2.10. The largest absolute Gasteiger partial charge is 0.369 e. The number of hydrogen-bond donors (Lipinski definition) is 2. The minimum Gasteiger partial charge on any atom is -0.369 e. The molecule has 0 atom stereocenters. The van der Waals surface area contributed by atoms with Crippen molar-refractivity contribution in [3.8, 4) is 0 Å². The van der Waals surface area contributed by atoms with Crippen LogP contribution >= 0.6 is 0 Å². The predicted octanol–water partition coefficient (Wildman–Crippen LogP) is 2.94. The number of rotatable bonds is 5. The Morgan fingerprint density at radius 3 is 2.48 bits per heavy atom. The van der Waals surface area contributed by atoms with Crippen LogP contribution in [0.15, 0.2) is 36.7 Å². The molecule has 0 aliphatic heterocycles. The van der Waals surface area contributed by atoms with Gasteiger partial charge in [-0.25, -0.2) is 14.4 Å². The van der Waals surface area contributed by atoms with Crippen LogP contribution in [0.4, 0.5) is 15.9 Å². The Balaban J connectivity index is 1.97. The number of anilines is 2. The summed E-state index contributed by atoms with van der Waals surface area (Å²) in [5.74, 6) is 0.383. The van der Waals surface area contributed by atoms with Gasteiger partial charge in [0, 0.05) is 12.2 Å². The topological polar surface area (TPSA) is 66.9 Å². The van der Waals surface area contributed by atoms with E-state index in [1.807, 2.05) is 0 Å². The molecule has 0 bridgehead atoms. The summed E-state index contributed by atoms with van der Waals surface area (Å²) in [7, 11) is 0. The van der Waals surface area contributed by atoms with Gasteiger partial charge in [0.25, 0.3) is 5.91 Å². The number of nitrogens with one attached hydrogen (secondary N) is 2. The van der Waals surface area contributed by atoms with Crippen LogP contribution in [0.1, 0.15) is 24.3 Å². The number of carbonyl (C=O) groups is 1. The molecule has 0 fully saturated rings. The van der Waals surface area contributed by atoms with E-state index in [1.54, 1.807) is 0 Å². The van der Waals surface area contributed by atoms with Crippen LogP contribution in [0.25, 0.3) is 0 Å². The SMILES string of the molecule is CC(C)CNc1cnc(C(=O)Nc2ccc(F)cc2)cn1. The average molecular weight is 288 g/mol. The number of carbonyl (C=O) groups excluding carboxylic acids is 1. The second kappa shape index (κ2) is 6.78. The Morgan fingerprint density at radius 1 is 1.19 bits per heavy atom. The van der Waals surface area contributed by atoms with Crippen LogP contribution < -0.4 is 10.6 Å². The zero-order valence-electron chi connectivity index (χ0n) is 11.9. The van der Waals surface area contributed by atoms with Gasteiger partial charge in [0.2, 0.25) is 0 Å².